The molecule has 2 atom stereocenters. The Kier molecular flexibility index (Phi) is 5.87. The molecule has 3 rings (SSSR count). The molecule has 2 aliphatic rings. The van der Waals surface area contributed by atoms with E-state index in [-0.39, 0.29) is 29.6 Å². The van der Waals surface area contributed by atoms with Crippen LogP contribution >= 0.6 is 0 Å². The van der Waals surface area contributed by atoms with Crippen molar-refractivity contribution in [2.24, 2.45) is 5.92 Å². The van der Waals surface area contributed by atoms with E-state index in [0.717, 1.165) is 24.2 Å². The fourth-order valence-corrected chi connectivity index (χ4v) is 3.99. The normalized spacial score (nSPS) is 23.4. The number of nitrogens with one attached hydrogen (secondary N) is 3. The summed E-state index contributed by atoms with van der Waals surface area (Å²) in [4.78, 5) is 51.1. The van der Waals surface area contributed by atoms with Crippen LogP contribution in [-0.2, 0) is 9.59 Å². The van der Waals surface area contributed by atoms with Gasteiger partial charge in [0.15, 0.2) is 0 Å². The number of anilines is 1. The number of benzene rings is 1. The molecule has 0 bridgehead atoms. The quantitative estimate of drug-likeness (QED) is 0.518. The van der Waals surface area contributed by atoms with Crippen LogP contribution in [0.25, 0.3) is 0 Å². The fourth-order valence-electron chi connectivity index (χ4n) is 3.99. The first-order chi connectivity index (χ1) is 13.9. The van der Waals surface area contributed by atoms with Crippen LogP contribution in [0.15, 0.2) is 24.3 Å². The third kappa shape index (κ3) is 3.94. The van der Waals surface area contributed by atoms with Gasteiger partial charge in [0.05, 0.1) is 17.8 Å². The lowest BCUT2D eigenvalue weighted by Gasteiger charge is -2.36. The van der Waals surface area contributed by atoms with Gasteiger partial charge >= 0.3 is 6.03 Å². The number of para-hydroxylation sites is 1. The molecule has 1 aliphatic carbocycles. The second kappa shape index (κ2) is 8.35. The highest BCUT2D eigenvalue weighted by molar-refractivity contribution is 6.11. The van der Waals surface area contributed by atoms with Gasteiger partial charge in [0.1, 0.15) is 12.1 Å². The first-order valence-electron chi connectivity index (χ1n) is 9.63. The number of carbonyl (C=O) groups is 4. The Hall–Kier alpha value is -3.34. The van der Waals surface area contributed by atoms with Crippen molar-refractivity contribution in [2.75, 3.05) is 18.4 Å². The van der Waals surface area contributed by atoms with E-state index in [0.29, 0.717) is 6.42 Å². The van der Waals surface area contributed by atoms with Crippen LogP contribution in [0, 0.1) is 18.3 Å². The number of hydrogen-bond acceptors (Lipinski definition) is 4. The van der Waals surface area contributed by atoms with Crippen LogP contribution in [0.1, 0.15) is 43.0 Å². The summed E-state index contributed by atoms with van der Waals surface area (Å²) in [5, 5.41) is 7.97. The predicted octanol–water partition coefficient (Wildman–Crippen LogP) is 1.49. The highest BCUT2D eigenvalue weighted by Gasteiger charge is 2.55. The van der Waals surface area contributed by atoms with Crippen LogP contribution < -0.4 is 16.0 Å². The maximum atomic E-state index is 13.0. The Bertz CT molecular complexity index is 891. The summed E-state index contributed by atoms with van der Waals surface area (Å²) >= 11 is 0. The highest BCUT2D eigenvalue weighted by atomic mass is 16.2. The lowest BCUT2D eigenvalue weighted by Crippen LogP contribution is -2.54. The third-order valence-corrected chi connectivity index (χ3v) is 5.60. The maximum absolute atomic E-state index is 13.0. The van der Waals surface area contributed by atoms with Gasteiger partial charge in [-0.3, -0.25) is 19.3 Å². The summed E-state index contributed by atoms with van der Waals surface area (Å²) in [6, 6.07) is 5.89. The van der Waals surface area contributed by atoms with Gasteiger partial charge in [-0.2, -0.15) is 0 Å². The van der Waals surface area contributed by atoms with Crippen molar-refractivity contribution in [1.29, 1.82) is 0 Å². The Labute approximate surface area is 169 Å². The fraction of sp³-hybridized carbons (Fsp3) is 0.429. The number of imide groups is 1. The zero-order valence-electron chi connectivity index (χ0n) is 16.3. The average molecular weight is 396 g/mol. The number of rotatable bonds is 5. The lowest BCUT2D eigenvalue weighted by molar-refractivity contribution is -0.136. The van der Waals surface area contributed by atoms with E-state index in [1.54, 1.807) is 24.3 Å². The second-order valence-electron chi connectivity index (χ2n) is 7.42. The van der Waals surface area contributed by atoms with E-state index >= 15 is 0 Å². The molecule has 5 amide bonds. The molecule has 1 saturated heterocycles. The highest BCUT2D eigenvalue weighted by Crippen LogP contribution is 2.38. The van der Waals surface area contributed by atoms with E-state index in [1.807, 2.05) is 6.92 Å². The molecule has 0 aromatic heterocycles. The van der Waals surface area contributed by atoms with Crippen molar-refractivity contribution in [1.82, 2.24) is 15.5 Å². The van der Waals surface area contributed by atoms with Crippen molar-refractivity contribution in [3.05, 3.63) is 29.8 Å². The van der Waals surface area contributed by atoms with Gasteiger partial charge in [-0.15, -0.1) is 6.42 Å². The molecule has 2 unspecified atom stereocenters. The predicted molar refractivity (Wildman–Crippen MR) is 107 cm³/mol. The molecule has 1 aromatic carbocycles. The zero-order chi connectivity index (χ0) is 21.0. The topological polar surface area (TPSA) is 108 Å². The van der Waals surface area contributed by atoms with Crippen molar-refractivity contribution in [2.45, 2.75) is 38.1 Å². The first kappa shape index (κ1) is 20.4. The molecule has 3 N–H and O–H groups in total. The average Bonchev–Trinajstić information content (AvgIpc) is 2.93. The SMILES string of the molecule is C#CCNC(=O)c1ccccc1NC(=O)CN1C(=O)NC2(CCCCC2C)C1=O. The summed E-state index contributed by atoms with van der Waals surface area (Å²) < 4.78 is 0. The van der Waals surface area contributed by atoms with Gasteiger partial charge in [-0.25, -0.2) is 4.79 Å². The number of urea groups is 1. The molecule has 8 nitrogen and oxygen atoms in total. The number of hydrogen-bond donors (Lipinski definition) is 3. The van der Waals surface area contributed by atoms with Crippen molar-refractivity contribution < 1.29 is 19.2 Å². The Morgan fingerprint density at radius 3 is 2.79 bits per heavy atom. The molecule has 8 heteroatoms. The van der Waals surface area contributed by atoms with E-state index in [2.05, 4.69) is 21.9 Å². The third-order valence-electron chi connectivity index (χ3n) is 5.60. The molecule has 29 heavy (non-hydrogen) atoms. The summed E-state index contributed by atoms with van der Waals surface area (Å²) in [5.74, 6) is 0.978. The largest absolute Gasteiger partial charge is 0.341 e. The molecule has 2 fully saturated rings. The van der Waals surface area contributed by atoms with Gasteiger partial charge in [0.25, 0.3) is 11.8 Å². The van der Waals surface area contributed by atoms with Crippen LogP contribution in [-0.4, -0.2) is 47.3 Å². The van der Waals surface area contributed by atoms with Gasteiger partial charge in [-0.1, -0.05) is 37.8 Å². The minimum Gasteiger partial charge on any atom is -0.341 e. The summed E-state index contributed by atoms with van der Waals surface area (Å²) in [6.45, 7) is 1.59. The van der Waals surface area contributed by atoms with Crippen LogP contribution in [0.4, 0.5) is 10.5 Å². The van der Waals surface area contributed by atoms with Crippen LogP contribution in [0.2, 0.25) is 0 Å². The van der Waals surface area contributed by atoms with Gasteiger partial charge in [0, 0.05) is 0 Å². The first-order valence-corrected chi connectivity index (χ1v) is 9.63. The smallest absolute Gasteiger partial charge is 0.325 e. The monoisotopic (exact) mass is 396 g/mol. The lowest BCUT2D eigenvalue weighted by atomic mass is 9.73. The molecule has 1 aliphatic heterocycles. The maximum Gasteiger partial charge on any atom is 0.325 e. The van der Waals surface area contributed by atoms with Gasteiger partial charge in [-0.05, 0) is 30.9 Å². The van der Waals surface area contributed by atoms with E-state index < -0.39 is 29.9 Å². The molecule has 1 heterocycles. The molecule has 152 valence electrons. The Morgan fingerprint density at radius 1 is 1.31 bits per heavy atom. The molecule has 1 saturated carbocycles. The minimum atomic E-state index is -0.914. The Morgan fingerprint density at radius 2 is 2.07 bits per heavy atom. The molecule has 0 radical (unpaired) electrons. The summed E-state index contributed by atoms with van der Waals surface area (Å²) in [7, 11) is 0. The van der Waals surface area contributed by atoms with E-state index in [9.17, 15) is 19.2 Å². The zero-order valence-corrected chi connectivity index (χ0v) is 16.3. The number of terminal acetylenes is 1. The van der Waals surface area contributed by atoms with Crippen LogP contribution in [0.5, 0.6) is 0 Å². The Balaban J connectivity index is 1.70. The van der Waals surface area contributed by atoms with E-state index in [1.165, 1.54) is 0 Å². The molecule has 1 aromatic rings. The summed E-state index contributed by atoms with van der Waals surface area (Å²) in [5.41, 5.74) is -0.395. The van der Waals surface area contributed by atoms with Crippen LogP contribution in [0.3, 0.4) is 0 Å². The van der Waals surface area contributed by atoms with Crippen molar-refractivity contribution >= 4 is 29.4 Å². The van der Waals surface area contributed by atoms with Gasteiger partial charge < -0.3 is 16.0 Å². The second-order valence-corrected chi connectivity index (χ2v) is 7.42. The number of nitrogens with zero attached hydrogens (tertiary/aromatic N) is 1. The van der Waals surface area contributed by atoms with E-state index in [4.69, 9.17) is 6.42 Å². The number of carbonyl (C=O) groups excluding carboxylic acids is 4. The summed E-state index contributed by atoms with van der Waals surface area (Å²) in [6.07, 6.45) is 8.46. The number of amides is 5. The molecule has 1 spiro atoms. The standard InChI is InChI=1S/C21H24N4O4/c1-3-12-22-18(27)15-9-4-5-10-16(15)23-17(26)13-25-19(28)21(24-20(25)29)11-7-6-8-14(21)2/h1,4-5,9-10,14H,6-8,11-13H2,2H3,(H,22,27)(H,23,26)(H,24,29). The minimum absolute atomic E-state index is 0.0151. The van der Waals surface area contributed by atoms with Gasteiger partial charge in [0.2, 0.25) is 5.91 Å². The molecular formula is C21H24N4O4. The van der Waals surface area contributed by atoms with Crippen molar-refractivity contribution in [3.8, 4) is 12.3 Å². The van der Waals surface area contributed by atoms with Crippen molar-refractivity contribution in [3.63, 3.8) is 0 Å². The molecular weight excluding hydrogens is 372 g/mol.